The fourth-order valence-corrected chi connectivity index (χ4v) is 2.97. The molecule has 0 aliphatic carbocycles. The van der Waals surface area contributed by atoms with Crippen molar-refractivity contribution < 1.29 is 14.3 Å². The standard InChI is InChI=1S/C17H13N9O3/c27-15-8-29-13-2-1-9(5-10(13)21-15)7-18-17(28)11-6-12(16-22-24-25-23-16)26-14(20-11)3-4-19-26/h1-6H,7-8H2,(H,18,28)(H,21,27)(H,22,23,24,25). The number of tetrazole rings is 1. The molecule has 2 amide bonds. The van der Waals surface area contributed by atoms with Gasteiger partial charge in [0, 0.05) is 12.6 Å². The number of H-pyrrole nitrogens is 1. The molecule has 3 aromatic heterocycles. The number of benzene rings is 1. The maximum atomic E-state index is 12.7. The molecule has 4 aromatic rings. The van der Waals surface area contributed by atoms with Gasteiger partial charge in [-0.05, 0) is 29.0 Å². The van der Waals surface area contributed by atoms with Crippen molar-refractivity contribution in [3.8, 4) is 17.3 Å². The van der Waals surface area contributed by atoms with Gasteiger partial charge in [-0.1, -0.05) is 6.07 Å². The topological polar surface area (TPSA) is 152 Å². The van der Waals surface area contributed by atoms with Crippen LogP contribution < -0.4 is 15.4 Å². The Labute approximate surface area is 162 Å². The first-order chi connectivity index (χ1) is 14.2. The number of aromatic amines is 1. The number of fused-ring (bicyclic) bond motifs is 2. The molecular formula is C17H13N9O3. The van der Waals surface area contributed by atoms with Crippen LogP contribution in [0.3, 0.4) is 0 Å². The van der Waals surface area contributed by atoms with Crippen molar-refractivity contribution in [2.45, 2.75) is 6.54 Å². The minimum Gasteiger partial charge on any atom is -0.482 e. The monoisotopic (exact) mass is 391 g/mol. The highest BCUT2D eigenvalue weighted by Crippen LogP contribution is 2.28. The molecule has 0 saturated heterocycles. The number of carbonyl (C=O) groups excluding carboxylic acids is 2. The van der Waals surface area contributed by atoms with Crippen LogP contribution in [0.1, 0.15) is 16.1 Å². The first kappa shape index (κ1) is 16.8. The van der Waals surface area contributed by atoms with E-state index in [9.17, 15) is 9.59 Å². The maximum absolute atomic E-state index is 12.7. The largest absolute Gasteiger partial charge is 0.482 e. The summed E-state index contributed by atoms with van der Waals surface area (Å²) in [6.45, 7) is 0.236. The third kappa shape index (κ3) is 3.12. The van der Waals surface area contributed by atoms with E-state index in [0.29, 0.717) is 28.6 Å². The maximum Gasteiger partial charge on any atom is 0.270 e. The number of nitrogens with zero attached hydrogens (tertiary/aromatic N) is 6. The van der Waals surface area contributed by atoms with Crippen LogP contribution in [0.5, 0.6) is 5.75 Å². The molecule has 12 heteroatoms. The summed E-state index contributed by atoms with van der Waals surface area (Å²) < 4.78 is 6.85. The Morgan fingerprint density at radius 3 is 3.07 bits per heavy atom. The van der Waals surface area contributed by atoms with Gasteiger partial charge in [0.15, 0.2) is 12.3 Å². The SMILES string of the molecule is O=C1COc2ccc(CNC(=O)c3cc(-c4nn[nH]n4)n4nccc4n3)cc2N1. The predicted molar refractivity (Wildman–Crippen MR) is 97.9 cm³/mol. The highest BCUT2D eigenvalue weighted by Gasteiger charge is 2.18. The Bertz CT molecular complexity index is 1230. The summed E-state index contributed by atoms with van der Waals surface area (Å²) in [6.07, 6.45) is 1.57. The number of amides is 2. The van der Waals surface area contributed by atoms with Gasteiger partial charge in [0.25, 0.3) is 11.8 Å². The van der Waals surface area contributed by atoms with Gasteiger partial charge < -0.3 is 15.4 Å². The van der Waals surface area contributed by atoms with Crippen molar-refractivity contribution in [3.05, 3.63) is 47.8 Å². The highest BCUT2D eigenvalue weighted by atomic mass is 16.5. The number of rotatable bonds is 4. The molecule has 1 aromatic carbocycles. The minimum atomic E-state index is -0.378. The molecule has 0 bridgehead atoms. The summed E-state index contributed by atoms with van der Waals surface area (Å²) in [4.78, 5) is 28.5. The van der Waals surface area contributed by atoms with Crippen LogP contribution in [0.4, 0.5) is 5.69 Å². The molecule has 144 valence electrons. The van der Waals surface area contributed by atoms with Gasteiger partial charge >= 0.3 is 0 Å². The number of ether oxygens (including phenoxy) is 1. The molecular weight excluding hydrogens is 378 g/mol. The van der Waals surface area contributed by atoms with Crippen molar-refractivity contribution in [3.63, 3.8) is 0 Å². The zero-order valence-electron chi connectivity index (χ0n) is 14.8. The van der Waals surface area contributed by atoms with E-state index in [0.717, 1.165) is 5.56 Å². The van der Waals surface area contributed by atoms with E-state index in [-0.39, 0.29) is 30.7 Å². The van der Waals surface area contributed by atoms with Crippen LogP contribution in [-0.4, -0.2) is 53.6 Å². The Morgan fingerprint density at radius 1 is 1.28 bits per heavy atom. The lowest BCUT2D eigenvalue weighted by Crippen LogP contribution is -2.26. The number of nitrogens with one attached hydrogen (secondary N) is 3. The van der Waals surface area contributed by atoms with Gasteiger partial charge in [-0.3, -0.25) is 9.59 Å². The van der Waals surface area contributed by atoms with Crippen molar-refractivity contribution >= 4 is 23.1 Å². The lowest BCUT2D eigenvalue weighted by atomic mass is 10.1. The number of anilines is 1. The fraction of sp³-hybridized carbons (Fsp3) is 0.118. The fourth-order valence-electron chi connectivity index (χ4n) is 2.97. The van der Waals surface area contributed by atoms with Crippen molar-refractivity contribution in [1.82, 2.24) is 40.5 Å². The summed E-state index contributed by atoms with van der Waals surface area (Å²) in [5, 5.41) is 23.5. The number of hydrogen-bond donors (Lipinski definition) is 3. The Kier molecular flexibility index (Phi) is 3.86. The molecule has 1 aliphatic rings. The summed E-state index contributed by atoms with van der Waals surface area (Å²) in [6, 6.07) is 8.54. The zero-order valence-corrected chi connectivity index (χ0v) is 14.8. The second-order valence-corrected chi connectivity index (χ2v) is 6.21. The Hall–Kier alpha value is -4.35. The molecule has 12 nitrogen and oxygen atoms in total. The van der Waals surface area contributed by atoms with E-state index >= 15 is 0 Å². The number of carbonyl (C=O) groups is 2. The molecule has 5 rings (SSSR count). The molecule has 0 saturated carbocycles. The molecule has 29 heavy (non-hydrogen) atoms. The van der Waals surface area contributed by atoms with Gasteiger partial charge in [-0.2, -0.15) is 10.3 Å². The third-order valence-corrected chi connectivity index (χ3v) is 4.30. The molecule has 0 atom stereocenters. The molecule has 4 heterocycles. The quantitative estimate of drug-likeness (QED) is 0.445. The van der Waals surface area contributed by atoms with Crippen LogP contribution in [0.2, 0.25) is 0 Å². The predicted octanol–water partition coefficient (Wildman–Crippen LogP) is 0.170. The molecule has 0 unspecified atom stereocenters. The summed E-state index contributed by atoms with van der Waals surface area (Å²) in [5.74, 6) is 0.292. The summed E-state index contributed by atoms with van der Waals surface area (Å²) >= 11 is 0. The van der Waals surface area contributed by atoms with Crippen molar-refractivity contribution in [2.24, 2.45) is 0 Å². The molecule has 0 spiro atoms. The van der Waals surface area contributed by atoms with E-state index in [1.165, 1.54) is 4.52 Å². The number of aromatic nitrogens is 7. The van der Waals surface area contributed by atoms with Gasteiger partial charge in [-0.25, -0.2) is 9.50 Å². The average molecular weight is 391 g/mol. The van der Waals surface area contributed by atoms with Crippen LogP contribution in [-0.2, 0) is 11.3 Å². The molecule has 3 N–H and O–H groups in total. The highest BCUT2D eigenvalue weighted by molar-refractivity contribution is 5.95. The first-order valence-electron chi connectivity index (χ1n) is 8.60. The lowest BCUT2D eigenvalue weighted by molar-refractivity contribution is -0.118. The lowest BCUT2D eigenvalue weighted by Gasteiger charge is -2.18. The zero-order chi connectivity index (χ0) is 19.8. The van der Waals surface area contributed by atoms with Crippen molar-refractivity contribution in [2.75, 3.05) is 11.9 Å². The second kappa shape index (κ2) is 6.67. The van der Waals surface area contributed by atoms with Gasteiger partial charge in [0.1, 0.15) is 17.1 Å². The van der Waals surface area contributed by atoms with E-state index in [1.807, 2.05) is 6.07 Å². The molecule has 0 fully saturated rings. The third-order valence-electron chi connectivity index (χ3n) is 4.30. The second-order valence-electron chi connectivity index (χ2n) is 6.21. The Morgan fingerprint density at radius 2 is 2.21 bits per heavy atom. The number of hydrogen-bond acceptors (Lipinski definition) is 8. The van der Waals surface area contributed by atoms with Crippen LogP contribution in [0, 0.1) is 0 Å². The molecule has 1 aliphatic heterocycles. The van der Waals surface area contributed by atoms with Crippen LogP contribution in [0.25, 0.3) is 17.2 Å². The summed E-state index contributed by atoms with van der Waals surface area (Å²) in [7, 11) is 0. The molecule has 0 radical (unpaired) electrons. The van der Waals surface area contributed by atoms with E-state index < -0.39 is 0 Å². The minimum absolute atomic E-state index is 0.00542. The van der Waals surface area contributed by atoms with Gasteiger partial charge in [0.2, 0.25) is 5.82 Å². The van der Waals surface area contributed by atoms with Crippen molar-refractivity contribution in [1.29, 1.82) is 0 Å². The normalized spacial score (nSPS) is 12.9. The first-order valence-corrected chi connectivity index (χ1v) is 8.60. The van der Waals surface area contributed by atoms with Gasteiger partial charge in [0.05, 0.1) is 11.9 Å². The van der Waals surface area contributed by atoms with E-state index in [4.69, 9.17) is 4.74 Å². The van der Waals surface area contributed by atoms with Gasteiger partial charge in [-0.15, -0.1) is 10.2 Å². The van der Waals surface area contributed by atoms with E-state index in [2.05, 4.69) is 41.3 Å². The summed E-state index contributed by atoms with van der Waals surface area (Å²) in [5.41, 5.74) is 2.52. The van der Waals surface area contributed by atoms with Crippen LogP contribution >= 0.6 is 0 Å². The average Bonchev–Trinajstić information content (AvgIpc) is 3.42. The van der Waals surface area contributed by atoms with Crippen LogP contribution in [0.15, 0.2) is 36.5 Å². The van der Waals surface area contributed by atoms with E-state index in [1.54, 1.807) is 30.5 Å². The smallest absolute Gasteiger partial charge is 0.270 e. The Balaban J connectivity index is 1.38.